The molecule has 0 bridgehead atoms. The first-order valence-electron chi connectivity index (χ1n) is 7.24. The molecule has 1 atom stereocenters. The van der Waals surface area contributed by atoms with Crippen LogP contribution in [-0.2, 0) is 0 Å². The van der Waals surface area contributed by atoms with Gasteiger partial charge in [0.15, 0.2) is 0 Å². The van der Waals surface area contributed by atoms with Crippen LogP contribution in [0.4, 0.5) is 5.82 Å². The maximum Gasteiger partial charge on any atom is 0.218 e. The lowest BCUT2D eigenvalue weighted by molar-refractivity contribution is 0.225. The zero-order valence-corrected chi connectivity index (χ0v) is 12.2. The summed E-state index contributed by atoms with van der Waals surface area (Å²) in [5.41, 5.74) is 0. The van der Waals surface area contributed by atoms with Gasteiger partial charge in [-0.2, -0.15) is 0 Å². The number of nitrogens with zero attached hydrogens (tertiary/aromatic N) is 3. The van der Waals surface area contributed by atoms with Crippen LogP contribution in [0, 0.1) is 0 Å². The molecular weight excluding hydrogens is 268 g/mol. The summed E-state index contributed by atoms with van der Waals surface area (Å²) in [6.45, 7) is 2.97. The molecule has 1 saturated heterocycles. The minimum Gasteiger partial charge on any atom is -0.481 e. The predicted molar refractivity (Wildman–Crippen MR) is 79.3 cm³/mol. The highest BCUT2D eigenvalue weighted by molar-refractivity contribution is 5.37. The van der Waals surface area contributed by atoms with Crippen molar-refractivity contribution in [1.82, 2.24) is 14.9 Å². The lowest BCUT2D eigenvalue weighted by Gasteiger charge is -2.26. The number of rotatable bonds is 6. The molecule has 112 valence electrons. The number of ether oxygens (including phenoxy) is 1. The number of likely N-dealkylation sites (tertiary alicyclic amines) is 1. The average Bonchev–Trinajstić information content (AvgIpc) is 3.21. The number of hydrogen-bond acceptors (Lipinski definition) is 6. The molecule has 1 aliphatic heterocycles. The van der Waals surface area contributed by atoms with Gasteiger partial charge in [-0.1, -0.05) is 0 Å². The van der Waals surface area contributed by atoms with Crippen molar-refractivity contribution in [3.8, 4) is 5.88 Å². The molecular formula is C15H20N4O2. The van der Waals surface area contributed by atoms with Gasteiger partial charge in [-0.05, 0) is 38.1 Å². The molecule has 6 nitrogen and oxygen atoms in total. The second-order valence-electron chi connectivity index (χ2n) is 5.10. The predicted octanol–water partition coefficient (Wildman–Crippen LogP) is 2.33. The Bertz CT molecular complexity index is 553. The third-order valence-corrected chi connectivity index (χ3v) is 3.78. The van der Waals surface area contributed by atoms with Crippen molar-refractivity contribution < 1.29 is 9.15 Å². The van der Waals surface area contributed by atoms with Gasteiger partial charge in [-0.15, -0.1) is 0 Å². The number of aromatic nitrogens is 2. The maximum absolute atomic E-state index is 5.60. The van der Waals surface area contributed by atoms with Crippen LogP contribution < -0.4 is 10.1 Å². The highest BCUT2D eigenvalue weighted by atomic mass is 16.5. The molecule has 21 heavy (non-hydrogen) atoms. The Hall–Kier alpha value is -2.08. The van der Waals surface area contributed by atoms with Crippen molar-refractivity contribution in [3.63, 3.8) is 0 Å². The molecule has 1 aliphatic rings. The SMILES string of the molecule is COc1cc(NCC(c2ccco2)N2CCCC2)ncn1. The van der Waals surface area contributed by atoms with E-state index in [1.165, 1.54) is 19.2 Å². The Morgan fingerprint density at radius 2 is 2.24 bits per heavy atom. The summed E-state index contributed by atoms with van der Waals surface area (Å²) in [7, 11) is 1.60. The van der Waals surface area contributed by atoms with Gasteiger partial charge < -0.3 is 14.5 Å². The Labute approximate surface area is 124 Å². The van der Waals surface area contributed by atoms with E-state index in [1.54, 1.807) is 19.4 Å². The van der Waals surface area contributed by atoms with E-state index in [0.29, 0.717) is 5.88 Å². The van der Waals surface area contributed by atoms with Gasteiger partial charge in [-0.25, -0.2) is 9.97 Å². The number of methoxy groups -OCH3 is 1. The minimum atomic E-state index is 0.225. The van der Waals surface area contributed by atoms with Crippen LogP contribution in [-0.4, -0.2) is 41.6 Å². The van der Waals surface area contributed by atoms with Crippen molar-refractivity contribution in [2.75, 3.05) is 32.1 Å². The minimum absolute atomic E-state index is 0.225. The Kier molecular flexibility index (Phi) is 4.35. The second kappa shape index (κ2) is 6.58. The fraction of sp³-hybridized carbons (Fsp3) is 0.467. The van der Waals surface area contributed by atoms with E-state index in [9.17, 15) is 0 Å². The molecule has 0 aromatic carbocycles. The Morgan fingerprint density at radius 1 is 1.38 bits per heavy atom. The molecule has 1 unspecified atom stereocenters. The van der Waals surface area contributed by atoms with E-state index in [0.717, 1.165) is 31.2 Å². The van der Waals surface area contributed by atoms with Crippen LogP contribution in [0.15, 0.2) is 35.2 Å². The fourth-order valence-electron chi connectivity index (χ4n) is 2.69. The van der Waals surface area contributed by atoms with E-state index in [-0.39, 0.29) is 6.04 Å². The van der Waals surface area contributed by atoms with Crippen molar-refractivity contribution in [2.45, 2.75) is 18.9 Å². The van der Waals surface area contributed by atoms with Crippen LogP contribution >= 0.6 is 0 Å². The smallest absolute Gasteiger partial charge is 0.218 e. The van der Waals surface area contributed by atoms with Crippen LogP contribution in [0.5, 0.6) is 5.88 Å². The number of anilines is 1. The van der Waals surface area contributed by atoms with E-state index in [4.69, 9.17) is 9.15 Å². The van der Waals surface area contributed by atoms with E-state index in [1.807, 2.05) is 12.1 Å². The van der Waals surface area contributed by atoms with E-state index in [2.05, 4.69) is 20.2 Å². The maximum atomic E-state index is 5.60. The summed E-state index contributed by atoms with van der Waals surface area (Å²) in [5, 5.41) is 3.35. The lowest BCUT2D eigenvalue weighted by Crippen LogP contribution is -2.30. The average molecular weight is 288 g/mol. The van der Waals surface area contributed by atoms with Gasteiger partial charge in [0, 0.05) is 12.6 Å². The Morgan fingerprint density at radius 3 is 2.95 bits per heavy atom. The molecule has 6 heteroatoms. The molecule has 1 N–H and O–H groups in total. The molecule has 0 saturated carbocycles. The van der Waals surface area contributed by atoms with Gasteiger partial charge in [0.25, 0.3) is 0 Å². The molecule has 3 heterocycles. The first-order chi connectivity index (χ1) is 10.4. The molecule has 3 rings (SSSR count). The van der Waals surface area contributed by atoms with Gasteiger partial charge in [0.2, 0.25) is 5.88 Å². The fourth-order valence-corrected chi connectivity index (χ4v) is 2.69. The van der Waals surface area contributed by atoms with Crippen molar-refractivity contribution in [2.24, 2.45) is 0 Å². The number of nitrogens with one attached hydrogen (secondary N) is 1. The van der Waals surface area contributed by atoms with Crippen LogP contribution in [0.25, 0.3) is 0 Å². The highest BCUT2D eigenvalue weighted by Gasteiger charge is 2.25. The molecule has 2 aromatic heterocycles. The van der Waals surface area contributed by atoms with Crippen LogP contribution in [0.1, 0.15) is 24.6 Å². The normalized spacial score (nSPS) is 16.8. The molecule has 0 spiro atoms. The summed E-state index contributed by atoms with van der Waals surface area (Å²) < 4.78 is 10.7. The topological polar surface area (TPSA) is 63.4 Å². The molecule has 2 aromatic rings. The zero-order valence-electron chi connectivity index (χ0n) is 12.2. The number of hydrogen-bond donors (Lipinski definition) is 1. The largest absolute Gasteiger partial charge is 0.481 e. The van der Waals surface area contributed by atoms with E-state index < -0.39 is 0 Å². The molecule has 0 radical (unpaired) electrons. The lowest BCUT2D eigenvalue weighted by atomic mass is 10.2. The standard InChI is InChI=1S/C15H20N4O2/c1-20-15-9-14(17-11-18-15)16-10-12(13-5-4-8-21-13)19-6-2-3-7-19/h4-5,8-9,11-12H,2-3,6-7,10H2,1H3,(H,16,17,18). The summed E-state index contributed by atoms with van der Waals surface area (Å²) >= 11 is 0. The second-order valence-corrected chi connectivity index (χ2v) is 5.10. The summed E-state index contributed by atoms with van der Waals surface area (Å²) in [5.74, 6) is 2.31. The summed E-state index contributed by atoms with van der Waals surface area (Å²) in [6.07, 6.45) is 5.72. The van der Waals surface area contributed by atoms with Gasteiger partial charge in [-0.3, -0.25) is 4.90 Å². The van der Waals surface area contributed by atoms with Gasteiger partial charge >= 0.3 is 0 Å². The first kappa shape index (κ1) is 13.9. The molecule has 0 amide bonds. The monoisotopic (exact) mass is 288 g/mol. The van der Waals surface area contributed by atoms with Crippen molar-refractivity contribution >= 4 is 5.82 Å². The summed E-state index contributed by atoms with van der Waals surface area (Å²) in [4.78, 5) is 10.7. The Balaban J connectivity index is 1.69. The van der Waals surface area contributed by atoms with Gasteiger partial charge in [0.05, 0.1) is 19.4 Å². The zero-order chi connectivity index (χ0) is 14.5. The molecule has 1 fully saturated rings. The quantitative estimate of drug-likeness (QED) is 0.880. The van der Waals surface area contributed by atoms with E-state index >= 15 is 0 Å². The summed E-state index contributed by atoms with van der Waals surface area (Å²) in [6, 6.07) is 5.99. The van der Waals surface area contributed by atoms with Crippen LogP contribution in [0.3, 0.4) is 0 Å². The van der Waals surface area contributed by atoms with Crippen LogP contribution in [0.2, 0.25) is 0 Å². The van der Waals surface area contributed by atoms with Gasteiger partial charge in [0.1, 0.15) is 17.9 Å². The number of furan rings is 1. The van der Waals surface area contributed by atoms with Crippen molar-refractivity contribution in [3.05, 3.63) is 36.5 Å². The third-order valence-electron chi connectivity index (χ3n) is 3.78. The molecule has 0 aliphatic carbocycles. The van der Waals surface area contributed by atoms with Crippen molar-refractivity contribution in [1.29, 1.82) is 0 Å². The third kappa shape index (κ3) is 3.33. The first-order valence-corrected chi connectivity index (χ1v) is 7.24. The highest BCUT2D eigenvalue weighted by Crippen LogP contribution is 2.26.